The molecule has 1 aliphatic heterocycles. The number of rotatable bonds is 4. The van der Waals surface area contributed by atoms with Crippen LogP contribution in [-0.4, -0.2) is 33.6 Å². The maximum atomic E-state index is 13.7. The molecule has 1 aromatic carbocycles. The maximum absolute atomic E-state index is 13.7. The number of hydrogen-bond acceptors (Lipinski definition) is 4. The van der Waals surface area contributed by atoms with Crippen molar-refractivity contribution in [1.29, 1.82) is 0 Å². The van der Waals surface area contributed by atoms with E-state index >= 15 is 0 Å². The number of primary sulfonamides is 1. The molecule has 1 unspecified atom stereocenters. The number of hydrogen-bond donors (Lipinski definition) is 2. The van der Waals surface area contributed by atoms with E-state index in [1.807, 2.05) is 0 Å². The van der Waals surface area contributed by atoms with E-state index in [2.05, 4.69) is 21.2 Å². The summed E-state index contributed by atoms with van der Waals surface area (Å²) in [7, 11) is -4.13. The highest BCUT2D eigenvalue weighted by Gasteiger charge is 2.21. The van der Waals surface area contributed by atoms with Gasteiger partial charge in [-0.2, -0.15) is 0 Å². The van der Waals surface area contributed by atoms with Crippen LogP contribution in [0.25, 0.3) is 0 Å². The van der Waals surface area contributed by atoms with Gasteiger partial charge in [-0.25, -0.2) is 17.9 Å². The van der Waals surface area contributed by atoms with Gasteiger partial charge in [-0.05, 0) is 40.9 Å². The quantitative estimate of drug-likeness (QED) is 0.817. The second-order valence-corrected chi connectivity index (χ2v) is 6.98. The SMILES string of the molecule is NS(=O)(=O)c1cc(C(=O)NCC2CCCO2)cc(F)c1Br. The van der Waals surface area contributed by atoms with E-state index in [1.54, 1.807) is 0 Å². The average molecular weight is 381 g/mol. The van der Waals surface area contributed by atoms with E-state index in [9.17, 15) is 17.6 Å². The first-order valence-corrected chi connectivity index (χ1v) is 8.54. The average Bonchev–Trinajstić information content (AvgIpc) is 2.90. The first-order chi connectivity index (χ1) is 9.79. The third kappa shape index (κ3) is 4.00. The van der Waals surface area contributed by atoms with Crippen LogP contribution >= 0.6 is 15.9 Å². The fraction of sp³-hybridized carbons (Fsp3) is 0.417. The van der Waals surface area contributed by atoms with E-state index in [-0.39, 0.29) is 16.1 Å². The van der Waals surface area contributed by atoms with Crippen LogP contribution < -0.4 is 10.5 Å². The van der Waals surface area contributed by atoms with Gasteiger partial charge in [0, 0.05) is 18.7 Å². The van der Waals surface area contributed by atoms with Gasteiger partial charge in [0.15, 0.2) is 0 Å². The number of carbonyl (C=O) groups excluding carboxylic acids is 1. The molecule has 1 heterocycles. The van der Waals surface area contributed by atoms with Crippen molar-refractivity contribution in [2.45, 2.75) is 23.8 Å². The van der Waals surface area contributed by atoms with Crippen LogP contribution in [0.4, 0.5) is 4.39 Å². The zero-order valence-electron chi connectivity index (χ0n) is 10.9. The summed E-state index contributed by atoms with van der Waals surface area (Å²) in [6, 6.07) is 1.98. The molecule has 0 saturated carbocycles. The molecule has 0 aromatic heterocycles. The van der Waals surface area contributed by atoms with Crippen LogP contribution in [-0.2, 0) is 14.8 Å². The summed E-state index contributed by atoms with van der Waals surface area (Å²) >= 11 is 2.81. The third-order valence-corrected chi connectivity index (χ3v) is 5.08. The largest absolute Gasteiger partial charge is 0.376 e. The van der Waals surface area contributed by atoms with Gasteiger partial charge in [0.05, 0.1) is 15.5 Å². The van der Waals surface area contributed by atoms with Crippen molar-refractivity contribution in [3.8, 4) is 0 Å². The lowest BCUT2D eigenvalue weighted by atomic mass is 10.2. The fourth-order valence-corrected chi connectivity index (χ4v) is 3.56. The van der Waals surface area contributed by atoms with Gasteiger partial charge < -0.3 is 10.1 Å². The molecule has 1 fully saturated rings. The molecule has 3 N–H and O–H groups in total. The summed E-state index contributed by atoms with van der Waals surface area (Å²) in [4.78, 5) is 11.5. The van der Waals surface area contributed by atoms with Gasteiger partial charge >= 0.3 is 0 Å². The molecule has 1 aromatic rings. The maximum Gasteiger partial charge on any atom is 0.251 e. The summed E-state index contributed by atoms with van der Waals surface area (Å²) < 4.78 is 41.5. The Hall–Kier alpha value is -1.03. The van der Waals surface area contributed by atoms with E-state index in [1.165, 1.54) is 0 Å². The number of benzene rings is 1. The van der Waals surface area contributed by atoms with Crippen molar-refractivity contribution in [1.82, 2.24) is 5.32 Å². The van der Waals surface area contributed by atoms with E-state index in [0.717, 1.165) is 25.0 Å². The Morgan fingerprint density at radius 1 is 1.52 bits per heavy atom. The lowest BCUT2D eigenvalue weighted by molar-refractivity contribution is 0.0857. The molecule has 1 saturated heterocycles. The number of amides is 1. The third-order valence-electron chi connectivity index (χ3n) is 3.08. The van der Waals surface area contributed by atoms with E-state index < -0.39 is 26.6 Å². The standard InChI is InChI=1S/C12H14BrFN2O4S/c13-11-9(14)4-7(5-10(11)21(15,18)19)12(17)16-6-8-2-1-3-20-8/h4-5,8H,1-3,6H2,(H,16,17)(H2,15,18,19). The van der Waals surface area contributed by atoms with Crippen LogP contribution in [0, 0.1) is 5.82 Å². The molecule has 1 amide bonds. The van der Waals surface area contributed by atoms with E-state index in [0.29, 0.717) is 13.2 Å². The highest BCUT2D eigenvalue weighted by atomic mass is 79.9. The summed E-state index contributed by atoms with van der Waals surface area (Å²) in [6.45, 7) is 0.949. The van der Waals surface area contributed by atoms with Crippen molar-refractivity contribution < 1.29 is 22.3 Å². The molecule has 6 nitrogen and oxygen atoms in total. The van der Waals surface area contributed by atoms with Gasteiger partial charge in [0.1, 0.15) is 5.82 Å². The molecule has 9 heteroatoms. The highest BCUT2D eigenvalue weighted by molar-refractivity contribution is 9.10. The Morgan fingerprint density at radius 3 is 2.81 bits per heavy atom. The van der Waals surface area contributed by atoms with Gasteiger partial charge in [-0.15, -0.1) is 0 Å². The first kappa shape index (κ1) is 16.3. The van der Waals surface area contributed by atoms with Crippen molar-refractivity contribution in [2.75, 3.05) is 13.2 Å². The molecular weight excluding hydrogens is 367 g/mol. The lowest BCUT2D eigenvalue weighted by Gasteiger charge is -2.12. The van der Waals surface area contributed by atoms with E-state index in [4.69, 9.17) is 9.88 Å². The molecule has 0 bridgehead atoms. The number of carbonyl (C=O) groups is 1. The first-order valence-electron chi connectivity index (χ1n) is 6.20. The zero-order valence-corrected chi connectivity index (χ0v) is 13.3. The monoisotopic (exact) mass is 380 g/mol. The van der Waals surface area contributed by atoms with Crippen LogP contribution in [0.3, 0.4) is 0 Å². The molecule has 1 aliphatic rings. The minimum atomic E-state index is -4.13. The molecule has 0 radical (unpaired) electrons. The molecule has 116 valence electrons. The number of ether oxygens (including phenoxy) is 1. The molecule has 1 atom stereocenters. The normalized spacial score (nSPS) is 18.7. The number of nitrogens with one attached hydrogen (secondary N) is 1. The minimum Gasteiger partial charge on any atom is -0.376 e. The molecule has 2 rings (SSSR count). The highest BCUT2D eigenvalue weighted by Crippen LogP contribution is 2.25. The Bertz CT molecular complexity index is 659. The second kappa shape index (κ2) is 6.39. The van der Waals surface area contributed by atoms with Crippen molar-refractivity contribution in [3.63, 3.8) is 0 Å². The van der Waals surface area contributed by atoms with Crippen molar-refractivity contribution >= 4 is 31.9 Å². The number of nitrogens with two attached hydrogens (primary N) is 1. The van der Waals surface area contributed by atoms with Crippen LogP contribution in [0.5, 0.6) is 0 Å². The summed E-state index contributed by atoms with van der Waals surface area (Å²) in [5.41, 5.74) is -0.113. The predicted octanol–water partition coefficient (Wildman–Crippen LogP) is 1.14. The second-order valence-electron chi connectivity index (χ2n) is 4.66. The summed E-state index contributed by atoms with van der Waals surface area (Å²) in [5, 5.41) is 7.58. The Labute approximate surface area is 130 Å². The fourth-order valence-electron chi connectivity index (χ4n) is 2.02. The summed E-state index contributed by atoms with van der Waals surface area (Å²) in [6.07, 6.45) is 1.72. The molecule has 0 aliphatic carbocycles. The minimum absolute atomic E-state index is 0.0630. The Balaban J connectivity index is 2.19. The van der Waals surface area contributed by atoms with Crippen LogP contribution in [0.2, 0.25) is 0 Å². The van der Waals surface area contributed by atoms with Crippen molar-refractivity contribution in [2.24, 2.45) is 5.14 Å². The topological polar surface area (TPSA) is 98.5 Å². The Morgan fingerprint density at radius 2 is 2.24 bits per heavy atom. The Kier molecular flexibility index (Phi) is 4.97. The molecular formula is C12H14BrFN2O4S. The zero-order chi connectivity index (χ0) is 15.6. The predicted molar refractivity (Wildman–Crippen MR) is 76.8 cm³/mol. The summed E-state index contributed by atoms with van der Waals surface area (Å²) in [5.74, 6) is -1.45. The van der Waals surface area contributed by atoms with Gasteiger partial charge in [-0.1, -0.05) is 0 Å². The van der Waals surface area contributed by atoms with Gasteiger partial charge in [0.25, 0.3) is 5.91 Å². The molecule has 21 heavy (non-hydrogen) atoms. The van der Waals surface area contributed by atoms with Crippen LogP contribution in [0.15, 0.2) is 21.5 Å². The van der Waals surface area contributed by atoms with Crippen molar-refractivity contribution in [3.05, 3.63) is 28.0 Å². The van der Waals surface area contributed by atoms with Gasteiger partial charge in [0.2, 0.25) is 10.0 Å². The molecule has 0 spiro atoms. The number of halogens is 2. The lowest BCUT2D eigenvalue weighted by Crippen LogP contribution is -2.32. The van der Waals surface area contributed by atoms with Crippen LogP contribution in [0.1, 0.15) is 23.2 Å². The van der Waals surface area contributed by atoms with Gasteiger partial charge in [-0.3, -0.25) is 4.79 Å². The number of sulfonamides is 1. The smallest absolute Gasteiger partial charge is 0.251 e.